The van der Waals surface area contributed by atoms with E-state index in [-0.39, 0.29) is 24.0 Å². The first-order valence-electron chi connectivity index (χ1n) is 10.5. The van der Waals surface area contributed by atoms with Crippen LogP contribution in [-0.2, 0) is 13.0 Å². The topological polar surface area (TPSA) is 72.7 Å². The van der Waals surface area contributed by atoms with Gasteiger partial charge in [-0.2, -0.15) is 5.10 Å². The number of aryl methyl sites for hydroxylation is 1. The van der Waals surface area contributed by atoms with Gasteiger partial charge >= 0.3 is 0 Å². The summed E-state index contributed by atoms with van der Waals surface area (Å²) in [6.45, 7) is 10.2. The molecule has 1 unspecified atom stereocenters. The summed E-state index contributed by atoms with van der Waals surface area (Å²) in [6, 6.07) is 8.08. The molecule has 0 aliphatic rings. The van der Waals surface area contributed by atoms with E-state index in [1.54, 1.807) is 7.11 Å². The number of ether oxygens (including phenoxy) is 2. The molecule has 0 spiro atoms. The van der Waals surface area contributed by atoms with Crippen molar-refractivity contribution in [2.24, 2.45) is 10.9 Å². The zero-order valence-electron chi connectivity index (χ0n) is 18.6. The highest BCUT2D eigenvalue weighted by Gasteiger charge is 2.06. The van der Waals surface area contributed by atoms with Crippen LogP contribution < -0.4 is 20.1 Å². The molecule has 0 aliphatic heterocycles. The number of rotatable bonds is 12. The Morgan fingerprint density at radius 3 is 2.73 bits per heavy atom. The van der Waals surface area contributed by atoms with Gasteiger partial charge in [-0.25, -0.2) is 0 Å². The van der Waals surface area contributed by atoms with Gasteiger partial charge in [-0.05, 0) is 56.4 Å². The van der Waals surface area contributed by atoms with Crippen LogP contribution in [0.25, 0.3) is 0 Å². The smallest absolute Gasteiger partial charge is 0.191 e. The molecule has 0 saturated heterocycles. The third-order valence-corrected chi connectivity index (χ3v) is 4.43. The quantitative estimate of drug-likeness (QED) is 0.190. The van der Waals surface area contributed by atoms with E-state index < -0.39 is 0 Å². The monoisotopic (exact) mass is 529 g/mol. The van der Waals surface area contributed by atoms with E-state index in [1.165, 1.54) is 5.56 Å². The first-order valence-corrected chi connectivity index (χ1v) is 10.5. The predicted molar refractivity (Wildman–Crippen MR) is 133 cm³/mol. The largest absolute Gasteiger partial charge is 0.493 e. The molecule has 1 atom stereocenters. The number of nitrogens with zero attached hydrogens (tertiary/aromatic N) is 3. The second-order valence-electron chi connectivity index (χ2n) is 7.00. The van der Waals surface area contributed by atoms with Crippen LogP contribution in [0.5, 0.6) is 11.5 Å². The van der Waals surface area contributed by atoms with Crippen LogP contribution in [0.3, 0.4) is 0 Å². The summed E-state index contributed by atoms with van der Waals surface area (Å²) in [5.74, 6) is 2.87. The number of halogens is 1. The highest BCUT2D eigenvalue weighted by atomic mass is 127. The lowest BCUT2D eigenvalue weighted by Crippen LogP contribution is -2.38. The van der Waals surface area contributed by atoms with Crippen molar-refractivity contribution in [3.05, 3.63) is 42.2 Å². The molecule has 168 valence electrons. The lowest BCUT2D eigenvalue weighted by molar-refractivity contribution is 0.310. The number of guanidine groups is 1. The fraction of sp³-hybridized carbons (Fsp3) is 0.545. The van der Waals surface area contributed by atoms with E-state index in [1.807, 2.05) is 36.1 Å². The molecule has 0 fully saturated rings. The molecule has 2 rings (SSSR count). The van der Waals surface area contributed by atoms with Crippen LogP contribution in [0.15, 0.2) is 41.7 Å². The minimum Gasteiger partial charge on any atom is -0.493 e. The van der Waals surface area contributed by atoms with Gasteiger partial charge in [0.15, 0.2) is 17.5 Å². The zero-order chi connectivity index (χ0) is 20.9. The molecule has 1 heterocycles. The maximum atomic E-state index is 5.66. The Kier molecular flexibility index (Phi) is 13.0. The molecule has 8 heteroatoms. The van der Waals surface area contributed by atoms with Crippen LogP contribution in [0.2, 0.25) is 0 Å². The Hall–Kier alpha value is -1.97. The number of aliphatic imine (C=N–C) groups is 1. The standard InChI is InChI=1S/C22H35N5O2.HI/c1-5-23-22(25-16-18(3)17-27-14-8-13-26-27)24-12-7-9-19-10-11-20(28-4)21(15-19)29-6-2;/h8,10-11,13-15,18H,5-7,9,12,16-17H2,1-4H3,(H2,23,24,25);1H. The Labute approximate surface area is 197 Å². The number of methoxy groups -OCH3 is 1. The van der Waals surface area contributed by atoms with Gasteiger partial charge in [-0.3, -0.25) is 9.67 Å². The molecule has 0 amide bonds. The second-order valence-corrected chi connectivity index (χ2v) is 7.00. The number of nitrogens with one attached hydrogen (secondary N) is 2. The summed E-state index contributed by atoms with van der Waals surface area (Å²) in [5, 5.41) is 11.0. The van der Waals surface area contributed by atoms with Crippen molar-refractivity contribution in [3.8, 4) is 11.5 Å². The number of hydrogen-bond acceptors (Lipinski definition) is 4. The average Bonchev–Trinajstić information content (AvgIpc) is 3.22. The Morgan fingerprint density at radius 2 is 2.07 bits per heavy atom. The normalized spacial score (nSPS) is 12.1. The number of aromatic nitrogens is 2. The van der Waals surface area contributed by atoms with Crippen molar-refractivity contribution in [3.63, 3.8) is 0 Å². The van der Waals surface area contributed by atoms with Crippen molar-refractivity contribution in [1.29, 1.82) is 0 Å². The summed E-state index contributed by atoms with van der Waals surface area (Å²) in [5.41, 5.74) is 1.24. The maximum absolute atomic E-state index is 5.66. The Bertz CT molecular complexity index is 737. The van der Waals surface area contributed by atoms with Crippen molar-refractivity contribution in [2.75, 3.05) is 33.4 Å². The molecule has 1 aromatic carbocycles. The fourth-order valence-electron chi connectivity index (χ4n) is 3.02. The zero-order valence-corrected chi connectivity index (χ0v) is 20.9. The average molecular weight is 529 g/mol. The molecular formula is C22H36IN5O2. The van der Waals surface area contributed by atoms with Gasteiger partial charge in [0.1, 0.15) is 0 Å². The van der Waals surface area contributed by atoms with Crippen LogP contribution in [0.4, 0.5) is 0 Å². The first kappa shape index (κ1) is 26.1. The lowest BCUT2D eigenvalue weighted by atomic mass is 10.1. The van der Waals surface area contributed by atoms with Crippen molar-refractivity contribution < 1.29 is 9.47 Å². The van der Waals surface area contributed by atoms with Gasteiger partial charge in [0.25, 0.3) is 0 Å². The summed E-state index contributed by atoms with van der Waals surface area (Å²) >= 11 is 0. The minimum absolute atomic E-state index is 0. The van der Waals surface area contributed by atoms with E-state index in [0.29, 0.717) is 12.5 Å². The fourth-order valence-corrected chi connectivity index (χ4v) is 3.02. The molecule has 0 aliphatic carbocycles. The van der Waals surface area contributed by atoms with E-state index in [9.17, 15) is 0 Å². The molecule has 0 bridgehead atoms. The van der Waals surface area contributed by atoms with Gasteiger partial charge in [0.05, 0.1) is 13.7 Å². The summed E-state index contributed by atoms with van der Waals surface area (Å²) in [6.07, 6.45) is 5.76. The molecule has 2 N–H and O–H groups in total. The predicted octanol–water partition coefficient (Wildman–Crippen LogP) is 3.73. The Balaban J connectivity index is 0.00000450. The molecule has 0 saturated carbocycles. The minimum atomic E-state index is 0. The van der Waals surface area contributed by atoms with Gasteiger partial charge in [0.2, 0.25) is 0 Å². The summed E-state index contributed by atoms with van der Waals surface area (Å²) in [7, 11) is 1.67. The van der Waals surface area contributed by atoms with Crippen LogP contribution in [-0.4, -0.2) is 49.1 Å². The number of benzene rings is 1. The van der Waals surface area contributed by atoms with Crippen LogP contribution in [0.1, 0.15) is 32.8 Å². The number of hydrogen-bond donors (Lipinski definition) is 2. The maximum Gasteiger partial charge on any atom is 0.191 e. The molecule has 30 heavy (non-hydrogen) atoms. The summed E-state index contributed by atoms with van der Waals surface area (Å²) in [4.78, 5) is 4.72. The van der Waals surface area contributed by atoms with Gasteiger partial charge in [0, 0.05) is 38.6 Å². The van der Waals surface area contributed by atoms with Gasteiger partial charge in [-0.1, -0.05) is 13.0 Å². The van der Waals surface area contributed by atoms with E-state index in [0.717, 1.165) is 56.5 Å². The third-order valence-electron chi connectivity index (χ3n) is 4.43. The highest BCUT2D eigenvalue weighted by molar-refractivity contribution is 14.0. The highest BCUT2D eigenvalue weighted by Crippen LogP contribution is 2.28. The summed E-state index contributed by atoms with van der Waals surface area (Å²) < 4.78 is 13.0. The molecule has 7 nitrogen and oxygen atoms in total. The first-order chi connectivity index (χ1) is 14.2. The molecular weight excluding hydrogens is 493 g/mol. The van der Waals surface area contributed by atoms with Crippen molar-refractivity contribution in [1.82, 2.24) is 20.4 Å². The Morgan fingerprint density at radius 1 is 1.23 bits per heavy atom. The third kappa shape index (κ3) is 9.23. The van der Waals surface area contributed by atoms with E-state index >= 15 is 0 Å². The van der Waals surface area contributed by atoms with Crippen molar-refractivity contribution >= 4 is 29.9 Å². The second kappa shape index (κ2) is 14.9. The van der Waals surface area contributed by atoms with Crippen LogP contribution >= 0.6 is 24.0 Å². The van der Waals surface area contributed by atoms with E-state index in [4.69, 9.17) is 14.5 Å². The van der Waals surface area contributed by atoms with Gasteiger partial charge < -0.3 is 20.1 Å². The molecule has 0 radical (unpaired) electrons. The molecule has 1 aromatic heterocycles. The SMILES string of the molecule is CCNC(=NCC(C)Cn1cccn1)NCCCc1ccc(OC)c(OCC)c1.I. The van der Waals surface area contributed by atoms with Crippen LogP contribution in [0, 0.1) is 5.92 Å². The van der Waals surface area contributed by atoms with E-state index in [2.05, 4.69) is 41.7 Å². The van der Waals surface area contributed by atoms with Crippen molar-refractivity contribution in [2.45, 2.75) is 40.2 Å². The van der Waals surface area contributed by atoms with Gasteiger partial charge in [-0.15, -0.1) is 24.0 Å². The lowest BCUT2D eigenvalue weighted by Gasteiger charge is -2.14. The molecule has 2 aromatic rings.